The normalized spacial score (nSPS) is 17.8. The number of nitrogen functional groups attached to an aromatic ring is 1. The Kier molecular flexibility index (Phi) is 13.8. The van der Waals surface area contributed by atoms with Gasteiger partial charge in [-0.05, 0) is 48.7 Å². The average Bonchev–Trinajstić information content (AvgIpc) is 3.06. The van der Waals surface area contributed by atoms with Gasteiger partial charge in [-0.3, -0.25) is 9.59 Å². The minimum Gasteiger partial charge on any atom is -0.397 e. The van der Waals surface area contributed by atoms with Crippen molar-refractivity contribution < 1.29 is 24.2 Å². The summed E-state index contributed by atoms with van der Waals surface area (Å²) >= 11 is 0. The van der Waals surface area contributed by atoms with Gasteiger partial charge in [-0.15, -0.1) is 6.58 Å². The Morgan fingerprint density at radius 3 is 2.24 bits per heavy atom. The molecule has 1 saturated heterocycles. The molecule has 3 atom stereocenters. The van der Waals surface area contributed by atoms with Crippen LogP contribution in [-0.2, 0) is 32.2 Å². The van der Waals surface area contributed by atoms with Crippen molar-refractivity contribution in [3.63, 3.8) is 0 Å². The zero-order valence-electron chi connectivity index (χ0n) is 26.8. The molecule has 2 amide bonds. The Hall–Kier alpha value is -4.02. The lowest BCUT2D eigenvalue weighted by Crippen LogP contribution is -2.37. The molecule has 0 spiro atoms. The minimum absolute atomic E-state index is 0.00725. The van der Waals surface area contributed by atoms with Gasteiger partial charge in [0.05, 0.1) is 30.2 Å². The zero-order valence-corrected chi connectivity index (χ0v) is 26.8. The predicted octanol–water partition coefficient (Wildman–Crippen LogP) is 6.02. The number of unbranched alkanes of at least 4 members (excludes halogenated alkanes) is 3. The third-order valence-corrected chi connectivity index (χ3v) is 8.11. The fourth-order valence-corrected chi connectivity index (χ4v) is 5.51. The number of likely N-dealkylation sites (N-methyl/N-ethyl adjacent to an activating group) is 1. The number of rotatable bonds is 17. The van der Waals surface area contributed by atoms with Crippen LogP contribution in [0.3, 0.4) is 0 Å². The van der Waals surface area contributed by atoms with Crippen molar-refractivity contribution in [1.82, 2.24) is 10.2 Å². The second kappa shape index (κ2) is 18.2. The maximum absolute atomic E-state index is 12.4. The molecule has 1 aliphatic rings. The van der Waals surface area contributed by atoms with Crippen LogP contribution in [0.5, 0.6) is 0 Å². The van der Waals surface area contributed by atoms with Gasteiger partial charge < -0.3 is 35.8 Å². The summed E-state index contributed by atoms with van der Waals surface area (Å²) in [7, 11) is 2.05. The van der Waals surface area contributed by atoms with Crippen LogP contribution in [0.25, 0.3) is 0 Å². The first-order valence-electron chi connectivity index (χ1n) is 16.1. The van der Waals surface area contributed by atoms with Crippen LogP contribution in [0.1, 0.15) is 79.6 Å². The number of ether oxygens (including phenoxy) is 2. The van der Waals surface area contributed by atoms with E-state index in [1.165, 1.54) is 0 Å². The quantitative estimate of drug-likeness (QED) is 0.0818. The van der Waals surface area contributed by atoms with Crippen LogP contribution in [0.2, 0.25) is 0 Å². The maximum atomic E-state index is 12.4. The smallest absolute Gasteiger partial charge is 0.224 e. The Balaban J connectivity index is 1.19. The van der Waals surface area contributed by atoms with Gasteiger partial charge in [-0.2, -0.15) is 0 Å². The summed E-state index contributed by atoms with van der Waals surface area (Å²) < 4.78 is 12.8. The topological polar surface area (TPSA) is 126 Å². The van der Waals surface area contributed by atoms with Crippen LogP contribution in [-0.4, -0.2) is 48.1 Å². The lowest BCUT2D eigenvalue weighted by molar-refractivity contribution is -0.252. The number of carbonyl (C=O) groups excluding carboxylic acids is 2. The predicted molar refractivity (Wildman–Crippen MR) is 182 cm³/mol. The third kappa shape index (κ3) is 11.1. The molecule has 1 fully saturated rings. The first-order chi connectivity index (χ1) is 22.3. The number of aliphatic hydroxyl groups excluding tert-OH is 1. The van der Waals surface area contributed by atoms with Gasteiger partial charge >= 0.3 is 0 Å². The lowest BCUT2D eigenvalue weighted by Gasteiger charge is -2.37. The van der Waals surface area contributed by atoms with Crippen LogP contribution in [0.4, 0.5) is 11.4 Å². The van der Waals surface area contributed by atoms with Gasteiger partial charge in [0.2, 0.25) is 11.8 Å². The summed E-state index contributed by atoms with van der Waals surface area (Å²) in [5.74, 6) is -0.0329. The molecule has 46 heavy (non-hydrogen) atoms. The molecule has 5 N–H and O–H groups in total. The Morgan fingerprint density at radius 1 is 0.913 bits per heavy atom. The molecular weight excluding hydrogens is 580 g/mol. The van der Waals surface area contributed by atoms with E-state index < -0.39 is 6.29 Å². The van der Waals surface area contributed by atoms with Gasteiger partial charge in [0, 0.05) is 44.5 Å². The van der Waals surface area contributed by atoms with Gasteiger partial charge in [0.15, 0.2) is 6.29 Å². The molecule has 246 valence electrons. The number of amides is 2. The first kappa shape index (κ1) is 34.8. The number of carbonyl (C=O) groups is 2. The molecule has 4 rings (SSSR count). The van der Waals surface area contributed by atoms with Crippen molar-refractivity contribution in [3.8, 4) is 0 Å². The number of hydrogen-bond acceptors (Lipinski definition) is 7. The third-order valence-electron chi connectivity index (χ3n) is 8.11. The number of aliphatic hydroxyl groups is 1. The van der Waals surface area contributed by atoms with Crippen molar-refractivity contribution in [2.75, 3.05) is 31.2 Å². The molecule has 9 heteroatoms. The highest BCUT2D eigenvalue weighted by Gasteiger charge is 2.32. The van der Waals surface area contributed by atoms with Gasteiger partial charge in [0.25, 0.3) is 0 Å². The molecule has 0 saturated carbocycles. The fourth-order valence-electron chi connectivity index (χ4n) is 5.51. The van der Waals surface area contributed by atoms with E-state index in [0.717, 1.165) is 67.4 Å². The van der Waals surface area contributed by atoms with Crippen LogP contribution in [0, 0.1) is 0 Å². The van der Waals surface area contributed by atoms with Crippen molar-refractivity contribution in [2.24, 2.45) is 0 Å². The second-order valence-electron chi connectivity index (χ2n) is 11.9. The summed E-state index contributed by atoms with van der Waals surface area (Å²) in [5.41, 5.74) is 10.9. The number of hydrogen-bond donors (Lipinski definition) is 4. The van der Waals surface area contributed by atoms with Gasteiger partial charge in [0.1, 0.15) is 0 Å². The van der Waals surface area contributed by atoms with Crippen molar-refractivity contribution >= 4 is 23.2 Å². The molecule has 9 nitrogen and oxygen atoms in total. The van der Waals surface area contributed by atoms with Crippen LogP contribution >= 0.6 is 0 Å². The summed E-state index contributed by atoms with van der Waals surface area (Å²) in [4.78, 5) is 26.8. The van der Waals surface area contributed by atoms with Crippen molar-refractivity contribution in [3.05, 3.63) is 108 Å². The number of benzene rings is 3. The van der Waals surface area contributed by atoms with E-state index in [0.29, 0.717) is 30.8 Å². The average molecular weight is 629 g/mol. The Bertz CT molecular complexity index is 1400. The molecule has 3 aromatic rings. The van der Waals surface area contributed by atoms with Crippen LogP contribution < -0.4 is 16.4 Å². The molecule has 0 aliphatic carbocycles. The van der Waals surface area contributed by atoms with E-state index in [2.05, 4.69) is 29.2 Å². The molecule has 0 radical (unpaired) electrons. The second-order valence-corrected chi connectivity index (χ2v) is 11.9. The molecule has 3 aromatic carbocycles. The zero-order chi connectivity index (χ0) is 32.7. The summed E-state index contributed by atoms with van der Waals surface area (Å²) in [6, 6.07) is 23.1. The van der Waals surface area contributed by atoms with E-state index in [1.54, 1.807) is 12.1 Å². The molecule has 1 heterocycles. The molecule has 1 aliphatic heterocycles. The number of nitrogens with two attached hydrogens (primary N) is 1. The van der Waals surface area contributed by atoms with E-state index in [1.807, 2.05) is 66.7 Å². The van der Waals surface area contributed by atoms with Crippen molar-refractivity contribution in [1.29, 1.82) is 0 Å². The number of nitrogens with one attached hydrogen (secondary N) is 2. The van der Waals surface area contributed by atoms with E-state index in [-0.39, 0.29) is 30.6 Å². The Morgan fingerprint density at radius 2 is 1.57 bits per heavy atom. The summed E-state index contributed by atoms with van der Waals surface area (Å²) in [6.07, 6.45) is 6.12. The molecule has 0 aromatic heterocycles. The highest BCUT2D eigenvalue weighted by atomic mass is 16.7. The molecule has 0 bridgehead atoms. The number of nitrogens with zero attached hydrogens (tertiary/aromatic N) is 1. The van der Waals surface area contributed by atoms with Crippen molar-refractivity contribution in [2.45, 2.75) is 76.6 Å². The van der Waals surface area contributed by atoms with Gasteiger partial charge in [-0.25, -0.2) is 0 Å². The number of anilines is 2. The minimum atomic E-state index is -0.524. The highest BCUT2D eigenvalue weighted by molar-refractivity contribution is 5.93. The van der Waals surface area contributed by atoms with Gasteiger partial charge in [-0.1, -0.05) is 79.6 Å². The maximum Gasteiger partial charge on any atom is 0.224 e. The largest absolute Gasteiger partial charge is 0.397 e. The van der Waals surface area contributed by atoms with Crippen LogP contribution in [0.15, 0.2) is 85.5 Å². The van der Waals surface area contributed by atoms with E-state index >= 15 is 0 Å². The highest BCUT2D eigenvalue weighted by Crippen LogP contribution is 2.38. The SMILES string of the molecule is C=CCN(C)C[C@@H]1C[C@H](c2ccc(CO)cc2)O[C@H](c2ccc(CNC(=O)CCCCCCC(=O)Nc3ccccc3N)cc2)O1. The van der Waals surface area contributed by atoms with E-state index in [4.69, 9.17) is 15.2 Å². The first-order valence-corrected chi connectivity index (χ1v) is 16.1. The molecular formula is C37H48N4O5. The fraction of sp³-hybridized carbons (Fsp3) is 0.405. The Labute approximate surface area is 272 Å². The monoisotopic (exact) mass is 628 g/mol. The summed E-state index contributed by atoms with van der Waals surface area (Å²) in [6.45, 7) is 5.82. The molecule has 0 unspecified atom stereocenters. The van der Waals surface area contributed by atoms with E-state index in [9.17, 15) is 14.7 Å². The summed E-state index contributed by atoms with van der Waals surface area (Å²) in [5, 5.41) is 15.3. The standard InChI is InChI=1S/C37H48N4O5/c1-3-22-41(2)25-31-23-34(29-18-16-28(26-42)17-19-29)46-37(45-31)30-20-14-27(15-21-30)24-39-35(43)12-6-4-5-7-13-36(44)40-33-11-9-8-10-32(33)38/h3,8-11,14-21,31,34,37,42H,1,4-7,12-13,22-26,38H2,2H3,(H,39,43)(H,40,44)/t31-,34+,37+/m0/s1. The lowest BCUT2D eigenvalue weighted by atomic mass is 9.99. The number of para-hydroxylation sites is 2.